The number of carbonyl (C=O) groups excluding carboxylic acids is 1. The number of aromatic nitrogens is 2. The lowest BCUT2D eigenvalue weighted by Gasteiger charge is -2.20. The number of methoxy groups -OCH3 is 1. The van der Waals surface area contributed by atoms with Crippen LogP contribution in [0.15, 0.2) is 60.9 Å². The van der Waals surface area contributed by atoms with Gasteiger partial charge in [0.15, 0.2) is 0 Å². The number of aryl methyl sites for hydroxylation is 1. The van der Waals surface area contributed by atoms with Crippen molar-refractivity contribution in [3.05, 3.63) is 82.9 Å². The molecule has 1 aromatic heterocycles. The number of amides is 1. The summed E-state index contributed by atoms with van der Waals surface area (Å²) >= 11 is 6.17. The second-order valence-corrected chi connectivity index (χ2v) is 6.35. The fourth-order valence-corrected chi connectivity index (χ4v) is 3.00. The third-order valence-corrected chi connectivity index (χ3v) is 4.53. The molecule has 26 heavy (non-hydrogen) atoms. The van der Waals surface area contributed by atoms with E-state index in [1.165, 1.54) is 0 Å². The summed E-state index contributed by atoms with van der Waals surface area (Å²) in [6.45, 7) is 0. The molecule has 2 aromatic carbocycles. The second-order valence-electron chi connectivity index (χ2n) is 5.94. The molecule has 1 atom stereocenters. The van der Waals surface area contributed by atoms with E-state index in [0.717, 1.165) is 22.7 Å². The van der Waals surface area contributed by atoms with E-state index >= 15 is 0 Å². The summed E-state index contributed by atoms with van der Waals surface area (Å²) in [5.74, 6) is 1.33. The Morgan fingerprint density at radius 2 is 2.08 bits per heavy atom. The van der Waals surface area contributed by atoms with Gasteiger partial charge < -0.3 is 14.6 Å². The Kier molecular flexibility index (Phi) is 5.58. The average molecular weight is 370 g/mol. The molecule has 1 heterocycles. The van der Waals surface area contributed by atoms with Gasteiger partial charge in [-0.05, 0) is 29.3 Å². The molecule has 0 saturated carbocycles. The van der Waals surface area contributed by atoms with Crippen LogP contribution in [-0.4, -0.2) is 22.6 Å². The minimum Gasteiger partial charge on any atom is -0.497 e. The molecule has 0 saturated heterocycles. The van der Waals surface area contributed by atoms with E-state index in [-0.39, 0.29) is 18.4 Å². The van der Waals surface area contributed by atoms with Crippen molar-refractivity contribution < 1.29 is 9.53 Å². The number of benzene rings is 2. The molecule has 5 nitrogen and oxygen atoms in total. The molecule has 0 unspecified atom stereocenters. The van der Waals surface area contributed by atoms with Crippen molar-refractivity contribution in [1.29, 1.82) is 0 Å². The molecule has 3 rings (SSSR count). The predicted octanol–water partition coefficient (Wildman–Crippen LogP) is 3.53. The van der Waals surface area contributed by atoms with E-state index < -0.39 is 0 Å². The van der Waals surface area contributed by atoms with Crippen LogP contribution in [0, 0.1) is 0 Å². The average Bonchev–Trinajstić information content (AvgIpc) is 3.07. The topological polar surface area (TPSA) is 56.1 Å². The van der Waals surface area contributed by atoms with Crippen molar-refractivity contribution in [2.45, 2.75) is 12.5 Å². The highest BCUT2D eigenvalue weighted by molar-refractivity contribution is 6.31. The van der Waals surface area contributed by atoms with E-state index in [0.29, 0.717) is 5.02 Å². The number of ether oxygens (including phenoxy) is 1. The van der Waals surface area contributed by atoms with Gasteiger partial charge in [-0.15, -0.1) is 0 Å². The monoisotopic (exact) mass is 369 g/mol. The van der Waals surface area contributed by atoms with Gasteiger partial charge >= 0.3 is 0 Å². The minimum atomic E-state index is -0.389. The fraction of sp³-hybridized carbons (Fsp3) is 0.200. The first-order valence-corrected chi connectivity index (χ1v) is 8.60. The maximum Gasteiger partial charge on any atom is 0.225 e. The number of rotatable bonds is 6. The number of halogens is 1. The number of imidazole rings is 1. The Hall–Kier alpha value is -2.79. The highest BCUT2D eigenvalue weighted by Crippen LogP contribution is 2.24. The van der Waals surface area contributed by atoms with Crippen molar-refractivity contribution in [3.8, 4) is 5.75 Å². The first kappa shape index (κ1) is 18.0. The van der Waals surface area contributed by atoms with Crippen LogP contribution in [0.3, 0.4) is 0 Å². The van der Waals surface area contributed by atoms with Gasteiger partial charge in [0.1, 0.15) is 17.6 Å². The summed E-state index contributed by atoms with van der Waals surface area (Å²) in [5.41, 5.74) is 1.68. The first-order valence-electron chi connectivity index (χ1n) is 8.22. The molecule has 1 N–H and O–H groups in total. The summed E-state index contributed by atoms with van der Waals surface area (Å²) in [7, 11) is 3.51. The first-order chi connectivity index (χ1) is 12.6. The lowest BCUT2D eigenvalue weighted by atomic mass is 10.0. The van der Waals surface area contributed by atoms with E-state index in [2.05, 4.69) is 10.3 Å². The Labute approximate surface area is 157 Å². The Balaban J connectivity index is 1.88. The highest BCUT2D eigenvalue weighted by atomic mass is 35.5. The molecule has 0 spiro atoms. The van der Waals surface area contributed by atoms with Gasteiger partial charge in [-0.3, -0.25) is 4.79 Å². The maximum absolute atomic E-state index is 12.7. The zero-order valence-corrected chi connectivity index (χ0v) is 15.4. The molecule has 0 radical (unpaired) electrons. The standard InChI is InChI=1S/C20H20ClN3O2/c1-24-11-10-22-20(24)19(15-7-5-8-16(12-15)26-2)23-18(25)13-14-6-3-4-9-17(14)21/h3-12,19H,13H2,1-2H3,(H,23,25)/t19-/m1/s1. The number of hydrogen-bond acceptors (Lipinski definition) is 3. The molecule has 3 aromatic rings. The largest absolute Gasteiger partial charge is 0.497 e. The minimum absolute atomic E-state index is 0.131. The Morgan fingerprint density at radius 1 is 1.27 bits per heavy atom. The smallest absolute Gasteiger partial charge is 0.225 e. The maximum atomic E-state index is 12.7. The molecule has 0 aliphatic carbocycles. The van der Waals surface area contributed by atoms with Crippen LogP contribution in [0.4, 0.5) is 0 Å². The van der Waals surface area contributed by atoms with Gasteiger partial charge in [0.2, 0.25) is 5.91 Å². The van der Waals surface area contributed by atoms with Gasteiger partial charge in [0.05, 0.1) is 13.5 Å². The van der Waals surface area contributed by atoms with Crippen molar-refractivity contribution in [1.82, 2.24) is 14.9 Å². The van der Waals surface area contributed by atoms with Gasteiger partial charge in [0.25, 0.3) is 0 Å². The summed E-state index contributed by atoms with van der Waals surface area (Å²) in [6, 6.07) is 14.6. The van der Waals surface area contributed by atoms with Gasteiger partial charge in [-0.1, -0.05) is 41.9 Å². The summed E-state index contributed by atoms with van der Waals surface area (Å²) < 4.78 is 7.20. The van der Waals surface area contributed by atoms with Crippen molar-refractivity contribution in [2.75, 3.05) is 7.11 Å². The van der Waals surface area contributed by atoms with Crippen molar-refractivity contribution in [3.63, 3.8) is 0 Å². The second kappa shape index (κ2) is 8.06. The number of hydrogen-bond donors (Lipinski definition) is 1. The van der Waals surface area contributed by atoms with Crippen LogP contribution in [0.25, 0.3) is 0 Å². The molecular formula is C20H20ClN3O2. The predicted molar refractivity (Wildman–Crippen MR) is 101 cm³/mol. The summed E-state index contributed by atoms with van der Waals surface area (Å²) in [5, 5.41) is 3.65. The summed E-state index contributed by atoms with van der Waals surface area (Å²) in [6.07, 6.45) is 3.76. The van der Waals surface area contributed by atoms with Gasteiger partial charge in [-0.2, -0.15) is 0 Å². The van der Waals surface area contributed by atoms with Crippen LogP contribution in [0.5, 0.6) is 5.75 Å². The van der Waals surface area contributed by atoms with E-state index in [4.69, 9.17) is 16.3 Å². The normalized spacial score (nSPS) is 11.8. The van der Waals surface area contributed by atoms with Crippen molar-refractivity contribution >= 4 is 17.5 Å². The quantitative estimate of drug-likeness (QED) is 0.723. The van der Waals surface area contributed by atoms with Crippen LogP contribution >= 0.6 is 11.6 Å². The van der Waals surface area contributed by atoms with Gasteiger partial charge in [0, 0.05) is 24.5 Å². The Morgan fingerprint density at radius 3 is 2.77 bits per heavy atom. The molecule has 0 aliphatic heterocycles. The molecule has 6 heteroatoms. The molecule has 0 aliphatic rings. The molecule has 134 valence electrons. The third kappa shape index (κ3) is 4.06. The van der Waals surface area contributed by atoms with E-state index in [1.807, 2.05) is 60.3 Å². The lowest BCUT2D eigenvalue weighted by molar-refractivity contribution is -0.121. The molecule has 1 amide bonds. The van der Waals surface area contributed by atoms with Crippen LogP contribution in [0.1, 0.15) is 23.0 Å². The number of carbonyl (C=O) groups is 1. The molecule has 0 bridgehead atoms. The fourth-order valence-electron chi connectivity index (χ4n) is 2.80. The van der Waals surface area contributed by atoms with Crippen LogP contribution in [0.2, 0.25) is 5.02 Å². The molecule has 0 fully saturated rings. The van der Waals surface area contributed by atoms with Crippen LogP contribution in [-0.2, 0) is 18.3 Å². The van der Waals surface area contributed by atoms with Gasteiger partial charge in [-0.25, -0.2) is 4.98 Å². The number of nitrogens with zero attached hydrogens (tertiary/aromatic N) is 2. The van der Waals surface area contributed by atoms with Crippen LogP contribution < -0.4 is 10.1 Å². The molecular weight excluding hydrogens is 350 g/mol. The zero-order chi connectivity index (χ0) is 18.5. The van der Waals surface area contributed by atoms with E-state index in [1.54, 1.807) is 19.4 Å². The zero-order valence-electron chi connectivity index (χ0n) is 14.6. The third-order valence-electron chi connectivity index (χ3n) is 4.16. The Bertz CT molecular complexity index is 907. The van der Waals surface area contributed by atoms with E-state index in [9.17, 15) is 4.79 Å². The SMILES string of the molecule is COc1cccc([C@@H](NC(=O)Cc2ccccc2Cl)c2nccn2C)c1. The van der Waals surface area contributed by atoms with Crippen molar-refractivity contribution in [2.24, 2.45) is 7.05 Å². The lowest BCUT2D eigenvalue weighted by Crippen LogP contribution is -2.32. The highest BCUT2D eigenvalue weighted by Gasteiger charge is 2.21. The number of nitrogens with one attached hydrogen (secondary N) is 1. The summed E-state index contributed by atoms with van der Waals surface area (Å²) in [4.78, 5) is 17.1.